The lowest BCUT2D eigenvalue weighted by Crippen LogP contribution is -2.02. The van der Waals surface area contributed by atoms with Crippen LogP contribution in [0.5, 0.6) is 0 Å². The van der Waals surface area contributed by atoms with Crippen LogP contribution in [0.2, 0.25) is 0 Å². The quantitative estimate of drug-likeness (QED) is 0.445. The summed E-state index contributed by atoms with van der Waals surface area (Å²) in [7, 11) is 0. The van der Waals surface area contributed by atoms with Gasteiger partial charge in [0.05, 0.1) is 6.42 Å². The largest absolute Gasteiger partial charge is 0.342 e. The van der Waals surface area contributed by atoms with E-state index in [-0.39, 0.29) is 18.6 Å². The van der Waals surface area contributed by atoms with Crippen LogP contribution in [0.15, 0.2) is 0 Å². The second-order valence-electron chi connectivity index (χ2n) is 1.67. The third-order valence-electron chi connectivity index (χ3n) is 0.783. The molecule has 9 heavy (non-hydrogen) atoms. The van der Waals surface area contributed by atoms with Gasteiger partial charge in [-0.3, -0.25) is 0 Å². The summed E-state index contributed by atoms with van der Waals surface area (Å²) in [5.41, 5.74) is 0. The zero-order valence-electron chi connectivity index (χ0n) is 5.09. The number of Topliss-reactive ketones (excluding diaryl/α,β-unsaturated/α-hetero) is 1. The summed E-state index contributed by atoms with van der Waals surface area (Å²) in [5.74, 6) is -0.870. The highest BCUT2D eigenvalue weighted by Crippen LogP contribution is 1.91. The minimum Gasteiger partial charge on any atom is -0.301 e. The average Bonchev–Trinajstić information content (AvgIpc) is 1.83. The minimum absolute atomic E-state index is 0.0498. The number of hydrogen-bond donors (Lipinski definition) is 1. The van der Waals surface area contributed by atoms with Crippen LogP contribution in [0.4, 0.5) is 0 Å². The summed E-state index contributed by atoms with van der Waals surface area (Å²) < 4.78 is 0. The van der Waals surface area contributed by atoms with Crippen LogP contribution >= 0.6 is 0 Å². The van der Waals surface area contributed by atoms with E-state index in [4.69, 9.17) is 5.26 Å². The van der Waals surface area contributed by atoms with Gasteiger partial charge in [0.25, 0.3) is 0 Å². The molecule has 0 aliphatic heterocycles. The van der Waals surface area contributed by atoms with E-state index in [0.29, 0.717) is 0 Å². The topological polar surface area (TPSA) is 63.6 Å². The molecule has 4 nitrogen and oxygen atoms in total. The lowest BCUT2D eigenvalue weighted by atomic mass is 10.2. The van der Waals surface area contributed by atoms with Gasteiger partial charge in [-0.2, -0.15) is 5.26 Å². The smallest absolute Gasteiger partial charge is 0.301 e. The fourth-order valence-electron chi connectivity index (χ4n) is 0.324. The van der Waals surface area contributed by atoms with E-state index in [2.05, 4.69) is 4.89 Å². The van der Waals surface area contributed by atoms with Gasteiger partial charge in [-0.05, 0) is 6.92 Å². The first-order valence-corrected chi connectivity index (χ1v) is 2.50. The molecule has 0 aromatic rings. The molecule has 0 amide bonds. The average molecular weight is 132 g/mol. The minimum atomic E-state index is -0.773. The molecule has 0 atom stereocenters. The first-order valence-electron chi connectivity index (χ1n) is 2.50. The molecular weight excluding hydrogens is 124 g/mol. The monoisotopic (exact) mass is 132 g/mol. The molecule has 4 heteroatoms. The maximum absolute atomic E-state index is 10.2. The predicted molar refractivity (Wildman–Crippen MR) is 28.6 cm³/mol. The Morgan fingerprint density at radius 1 is 1.44 bits per heavy atom. The lowest BCUT2D eigenvalue weighted by Gasteiger charge is -1.90. The second-order valence-corrected chi connectivity index (χ2v) is 1.67. The number of carbonyl (C=O) groups is 2. The molecule has 0 aliphatic carbocycles. The molecular formula is C5H8O4. The molecule has 0 heterocycles. The summed E-state index contributed by atoms with van der Waals surface area (Å²) in [6.07, 6.45) is 0.0746. The van der Waals surface area contributed by atoms with Crippen molar-refractivity contribution in [3.05, 3.63) is 0 Å². The predicted octanol–water partition coefficient (Wildman–Crippen LogP) is 0.372. The zero-order chi connectivity index (χ0) is 7.28. The summed E-state index contributed by atoms with van der Waals surface area (Å²) in [4.78, 5) is 23.6. The number of ketones is 1. The van der Waals surface area contributed by atoms with Gasteiger partial charge in [-0.1, -0.05) is 0 Å². The highest BCUT2D eigenvalue weighted by atomic mass is 17.1. The van der Waals surface area contributed by atoms with Crippen molar-refractivity contribution in [2.24, 2.45) is 0 Å². The molecule has 0 aliphatic rings. The summed E-state index contributed by atoms with van der Waals surface area (Å²) in [5, 5.41) is 7.69. The van der Waals surface area contributed by atoms with Crippen LogP contribution in [-0.4, -0.2) is 17.0 Å². The van der Waals surface area contributed by atoms with E-state index in [0.717, 1.165) is 0 Å². The van der Waals surface area contributed by atoms with E-state index in [9.17, 15) is 9.59 Å². The zero-order valence-corrected chi connectivity index (χ0v) is 5.09. The van der Waals surface area contributed by atoms with Crippen molar-refractivity contribution in [3.8, 4) is 0 Å². The lowest BCUT2D eigenvalue weighted by molar-refractivity contribution is -0.234. The number of carbonyl (C=O) groups excluding carboxylic acids is 2. The maximum Gasteiger partial charge on any atom is 0.342 e. The first-order chi connectivity index (χ1) is 4.16. The summed E-state index contributed by atoms with van der Waals surface area (Å²) in [6.45, 7) is 1.37. The molecule has 0 bridgehead atoms. The standard InChI is InChI=1S/C5H8O4/c1-4(6)2-3-5(7)9-8/h8H,2-3H2,1H3. The molecule has 0 saturated heterocycles. The Labute approximate surface area is 52.4 Å². The third kappa shape index (κ3) is 4.96. The summed E-state index contributed by atoms with van der Waals surface area (Å²) >= 11 is 0. The molecule has 0 rings (SSSR count). The van der Waals surface area contributed by atoms with Crippen LogP contribution in [0, 0.1) is 0 Å². The van der Waals surface area contributed by atoms with Crippen LogP contribution in [0.3, 0.4) is 0 Å². The van der Waals surface area contributed by atoms with Crippen molar-refractivity contribution >= 4 is 11.8 Å². The fourth-order valence-corrected chi connectivity index (χ4v) is 0.324. The van der Waals surface area contributed by atoms with Crippen LogP contribution in [0.1, 0.15) is 19.8 Å². The van der Waals surface area contributed by atoms with Gasteiger partial charge in [-0.15, -0.1) is 0 Å². The van der Waals surface area contributed by atoms with Crippen LogP contribution in [0.25, 0.3) is 0 Å². The van der Waals surface area contributed by atoms with Crippen LogP contribution < -0.4 is 0 Å². The Kier molecular flexibility index (Phi) is 3.62. The van der Waals surface area contributed by atoms with Gasteiger partial charge in [0, 0.05) is 6.42 Å². The van der Waals surface area contributed by atoms with Crippen molar-refractivity contribution in [1.82, 2.24) is 0 Å². The van der Waals surface area contributed by atoms with E-state index >= 15 is 0 Å². The van der Waals surface area contributed by atoms with E-state index in [1.165, 1.54) is 6.92 Å². The third-order valence-corrected chi connectivity index (χ3v) is 0.783. The van der Waals surface area contributed by atoms with E-state index < -0.39 is 5.97 Å². The SMILES string of the molecule is CC(=O)CCC(=O)OO. The maximum atomic E-state index is 10.2. The van der Waals surface area contributed by atoms with Gasteiger partial charge in [0.15, 0.2) is 0 Å². The molecule has 0 aromatic heterocycles. The fraction of sp³-hybridized carbons (Fsp3) is 0.600. The van der Waals surface area contributed by atoms with Crippen molar-refractivity contribution in [3.63, 3.8) is 0 Å². The Bertz CT molecular complexity index is 118. The normalized spacial score (nSPS) is 8.67. The molecule has 0 aromatic carbocycles. The summed E-state index contributed by atoms with van der Waals surface area (Å²) in [6, 6.07) is 0. The molecule has 0 fully saturated rings. The molecule has 52 valence electrons. The molecule has 0 saturated carbocycles. The van der Waals surface area contributed by atoms with Gasteiger partial charge in [-0.25, -0.2) is 4.79 Å². The highest BCUT2D eigenvalue weighted by molar-refractivity contribution is 5.80. The second kappa shape index (κ2) is 4.03. The van der Waals surface area contributed by atoms with Gasteiger partial charge in [0.2, 0.25) is 0 Å². The Morgan fingerprint density at radius 2 is 2.00 bits per heavy atom. The molecule has 0 unspecified atom stereocenters. The van der Waals surface area contributed by atoms with E-state index in [1.807, 2.05) is 0 Å². The number of rotatable bonds is 3. The van der Waals surface area contributed by atoms with Crippen LogP contribution in [-0.2, 0) is 14.5 Å². The molecule has 1 N–H and O–H groups in total. The van der Waals surface area contributed by atoms with Gasteiger partial charge >= 0.3 is 5.97 Å². The van der Waals surface area contributed by atoms with Crippen molar-refractivity contribution in [2.45, 2.75) is 19.8 Å². The van der Waals surface area contributed by atoms with E-state index in [1.54, 1.807) is 0 Å². The van der Waals surface area contributed by atoms with Crippen molar-refractivity contribution < 1.29 is 19.7 Å². The Hall–Kier alpha value is -0.900. The molecule has 0 spiro atoms. The Morgan fingerprint density at radius 3 is 2.33 bits per heavy atom. The van der Waals surface area contributed by atoms with Gasteiger partial charge < -0.3 is 9.68 Å². The number of hydrogen-bond acceptors (Lipinski definition) is 4. The Balaban J connectivity index is 3.28. The molecule has 0 radical (unpaired) electrons. The van der Waals surface area contributed by atoms with Crippen molar-refractivity contribution in [2.75, 3.05) is 0 Å². The highest BCUT2D eigenvalue weighted by Gasteiger charge is 2.02. The van der Waals surface area contributed by atoms with Gasteiger partial charge in [0.1, 0.15) is 5.78 Å². The van der Waals surface area contributed by atoms with Crippen molar-refractivity contribution in [1.29, 1.82) is 0 Å². The first kappa shape index (κ1) is 8.10.